The van der Waals surface area contributed by atoms with E-state index in [1.165, 1.54) is 0 Å². The molecule has 14 heavy (non-hydrogen) atoms. The van der Waals surface area contributed by atoms with Crippen molar-refractivity contribution in [1.29, 1.82) is 0 Å². The van der Waals surface area contributed by atoms with Crippen LogP contribution in [-0.4, -0.2) is 15.0 Å². The number of aromatic nitrogens is 3. The Labute approximate surface area is 114 Å². The third kappa shape index (κ3) is 2.20. The summed E-state index contributed by atoms with van der Waals surface area (Å²) in [6.45, 7) is 0. The van der Waals surface area contributed by atoms with Gasteiger partial charge in [-0.2, -0.15) is 0 Å². The van der Waals surface area contributed by atoms with Gasteiger partial charge in [0.15, 0.2) is 7.79 Å². The first-order valence-corrected chi connectivity index (χ1v) is 6.72. The van der Waals surface area contributed by atoms with Crippen LogP contribution >= 0.6 is 63.7 Å². The van der Waals surface area contributed by atoms with Gasteiger partial charge in [0.2, 0.25) is 0 Å². The molecule has 2 aromatic rings. The minimum atomic E-state index is -0.528. The number of pyridine rings is 1. The van der Waals surface area contributed by atoms with Crippen LogP contribution in [0.5, 0.6) is 0 Å². The number of alkyl halides is 3. The van der Waals surface area contributed by atoms with Crippen molar-refractivity contribution in [2.45, 2.75) is 2.14 Å². The van der Waals surface area contributed by atoms with Crippen molar-refractivity contribution in [3.05, 3.63) is 22.6 Å². The highest BCUT2D eigenvalue weighted by Crippen LogP contribution is 2.43. The van der Waals surface area contributed by atoms with E-state index < -0.39 is 2.14 Å². The van der Waals surface area contributed by atoms with Crippen molar-refractivity contribution in [1.82, 2.24) is 15.0 Å². The topological polar surface area (TPSA) is 41.6 Å². The van der Waals surface area contributed by atoms with Gasteiger partial charge in [0.05, 0.1) is 5.52 Å². The molecule has 0 aromatic carbocycles. The zero-order chi connectivity index (χ0) is 10.3. The fourth-order valence-corrected chi connectivity index (χ4v) is 1.90. The van der Waals surface area contributed by atoms with Crippen molar-refractivity contribution >= 4 is 74.9 Å². The van der Waals surface area contributed by atoms with Crippen LogP contribution in [0.2, 0.25) is 0 Å². The molecule has 0 spiro atoms. The molecule has 74 valence electrons. The lowest BCUT2D eigenvalue weighted by Gasteiger charge is -2.06. The number of aromatic amines is 1. The first-order valence-electron chi connectivity index (χ1n) is 3.55. The lowest BCUT2D eigenvalue weighted by molar-refractivity contribution is 1.11. The Morgan fingerprint density at radius 3 is 2.64 bits per heavy atom. The molecule has 0 radical (unpaired) electrons. The van der Waals surface area contributed by atoms with Crippen LogP contribution in [0.3, 0.4) is 0 Å². The average molecular weight is 449 g/mol. The highest BCUT2D eigenvalue weighted by Gasteiger charge is 2.25. The van der Waals surface area contributed by atoms with Gasteiger partial charge < -0.3 is 4.98 Å². The Morgan fingerprint density at radius 2 is 2.00 bits per heavy atom. The number of nitrogens with zero attached hydrogens (tertiary/aromatic N) is 2. The lowest BCUT2D eigenvalue weighted by atomic mass is 10.4. The maximum absolute atomic E-state index is 4.30. The largest absolute Gasteiger partial charge is 0.338 e. The summed E-state index contributed by atoms with van der Waals surface area (Å²) >= 11 is 13.5. The molecule has 2 heterocycles. The maximum atomic E-state index is 4.30. The predicted molar refractivity (Wildman–Crippen MR) is 70.0 cm³/mol. The molecule has 3 nitrogen and oxygen atoms in total. The van der Waals surface area contributed by atoms with E-state index in [1.54, 1.807) is 6.20 Å². The zero-order valence-electron chi connectivity index (χ0n) is 6.56. The Bertz CT molecular complexity index is 473. The molecule has 7 heteroatoms. The summed E-state index contributed by atoms with van der Waals surface area (Å²) < 4.78 is 0.393. The second-order valence-electron chi connectivity index (χ2n) is 2.61. The number of hydrogen-bond donors (Lipinski definition) is 1. The molecule has 1 N–H and O–H groups in total. The number of imidazole rings is 1. The summed E-state index contributed by atoms with van der Waals surface area (Å²) in [7, 11) is 0. The SMILES string of the molecule is Brc1cnc2nc(C(Br)(Br)Br)[nH]c2c1. The van der Waals surface area contributed by atoms with E-state index >= 15 is 0 Å². The molecule has 0 aliphatic heterocycles. The molecule has 0 saturated heterocycles. The van der Waals surface area contributed by atoms with Crippen molar-refractivity contribution in [3.8, 4) is 0 Å². The van der Waals surface area contributed by atoms with Gasteiger partial charge in [0.1, 0.15) is 5.82 Å². The molecule has 2 aromatic heterocycles. The average Bonchev–Trinajstić information content (AvgIpc) is 2.45. The number of nitrogens with one attached hydrogen (secondary N) is 1. The Hall–Kier alpha value is 0.540. The van der Waals surface area contributed by atoms with E-state index in [1.807, 2.05) is 6.07 Å². The lowest BCUT2D eigenvalue weighted by Crippen LogP contribution is -1.99. The molecule has 0 amide bonds. The third-order valence-corrected chi connectivity index (χ3v) is 3.13. The van der Waals surface area contributed by atoms with Gasteiger partial charge in [-0.05, 0) is 22.0 Å². The fraction of sp³-hybridized carbons (Fsp3) is 0.143. The van der Waals surface area contributed by atoms with Crippen LogP contribution in [0.25, 0.3) is 11.2 Å². The summed E-state index contributed by atoms with van der Waals surface area (Å²) in [6, 6.07) is 1.93. The Morgan fingerprint density at radius 1 is 1.29 bits per heavy atom. The summed E-state index contributed by atoms with van der Waals surface area (Å²) in [5, 5.41) is 0. The van der Waals surface area contributed by atoms with Crippen LogP contribution in [0.4, 0.5) is 0 Å². The first-order chi connectivity index (χ1) is 6.47. The van der Waals surface area contributed by atoms with E-state index in [9.17, 15) is 0 Å². The molecule has 2 rings (SSSR count). The van der Waals surface area contributed by atoms with E-state index in [0.717, 1.165) is 15.8 Å². The molecule has 0 aliphatic rings. The molecule has 0 fully saturated rings. The quantitative estimate of drug-likeness (QED) is 0.619. The van der Waals surface area contributed by atoms with Crippen LogP contribution < -0.4 is 0 Å². The number of halogens is 4. The molecule has 0 unspecified atom stereocenters. The van der Waals surface area contributed by atoms with Gasteiger partial charge >= 0.3 is 0 Å². The highest BCUT2D eigenvalue weighted by atomic mass is 80.0. The smallest absolute Gasteiger partial charge is 0.192 e. The Kier molecular flexibility index (Phi) is 3.03. The van der Waals surface area contributed by atoms with E-state index in [0.29, 0.717) is 5.65 Å². The minimum Gasteiger partial charge on any atom is -0.338 e. The Balaban J connectivity index is 2.63. The van der Waals surface area contributed by atoms with Gasteiger partial charge in [-0.25, -0.2) is 9.97 Å². The van der Waals surface area contributed by atoms with Crippen LogP contribution in [-0.2, 0) is 2.14 Å². The first kappa shape index (κ1) is 11.0. The van der Waals surface area contributed by atoms with Crippen molar-refractivity contribution in [2.75, 3.05) is 0 Å². The van der Waals surface area contributed by atoms with Gasteiger partial charge in [0.25, 0.3) is 0 Å². The standard InChI is InChI=1S/C7H3Br4N3/c8-3-1-4-5(12-2-3)14-6(13-4)7(9,10)11/h1-2H,(H,12,13,14). The molecule has 0 atom stereocenters. The molecular formula is C7H3Br4N3. The highest BCUT2D eigenvalue weighted by molar-refractivity contribution is 9.38. The van der Waals surface area contributed by atoms with Crippen LogP contribution in [0.15, 0.2) is 16.7 Å². The molecule has 0 aliphatic carbocycles. The maximum Gasteiger partial charge on any atom is 0.192 e. The molecular weight excluding hydrogens is 446 g/mol. The normalized spacial score (nSPS) is 12.3. The summed E-state index contributed by atoms with van der Waals surface area (Å²) in [6.07, 6.45) is 1.71. The van der Waals surface area contributed by atoms with Gasteiger partial charge in [-0.1, -0.05) is 47.8 Å². The van der Waals surface area contributed by atoms with Gasteiger partial charge in [0, 0.05) is 10.7 Å². The zero-order valence-corrected chi connectivity index (χ0v) is 12.9. The van der Waals surface area contributed by atoms with Gasteiger partial charge in [-0.3, -0.25) is 0 Å². The van der Waals surface area contributed by atoms with Crippen LogP contribution in [0.1, 0.15) is 5.82 Å². The predicted octanol–water partition coefficient (Wildman–Crippen LogP) is 4.02. The monoisotopic (exact) mass is 445 g/mol. The second kappa shape index (κ2) is 3.84. The minimum absolute atomic E-state index is 0.528. The van der Waals surface area contributed by atoms with Crippen molar-refractivity contribution in [3.63, 3.8) is 0 Å². The van der Waals surface area contributed by atoms with E-state index in [-0.39, 0.29) is 0 Å². The summed E-state index contributed by atoms with van der Waals surface area (Å²) in [4.78, 5) is 11.6. The third-order valence-electron chi connectivity index (χ3n) is 1.57. The van der Waals surface area contributed by atoms with Crippen LogP contribution in [0, 0.1) is 0 Å². The van der Waals surface area contributed by atoms with E-state index in [4.69, 9.17) is 0 Å². The fourth-order valence-electron chi connectivity index (χ4n) is 1.01. The van der Waals surface area contributed by atoms with Gasteiger partial charge in [-0.15, -0.1) is 0 Å². The summed E-state index contributed by atoms with van der Waals surface area (Å²) in [5.41, 5.74) is 1.57. The molecule has 0 bridgehead atoms. The number of rotatable bonds is 0. The number of fused-ring (bicyclic) bond motifs is 1. The summed E-state index contributed by atoms with van der Waals surface area (Å²) in [5.74, 6) is 0.720. The number of hydrogen-bond acceptors (Lipinski definition) is 2. The van der Waals surface area contributed by atoms with Crippen molar-refractivity contribution in [2.24, 2.45) is 0 Å². The number of H-pyrrole nitrogens is 1. The van der Waals surface area contributed by atoms with Crippen molar-refractivity contribution < 1.29 is 0 Å². The molecule has 0 saturated carbocycles. The second-order valence-corrected chi connectivity index (χ2v) is 10.3. The van der Waals surface area contributed by atoms with E-state index in [2.05, 4.69) is 78.7 Å².